The number of amides is 1. The Morgan fingerprint density at radius 1 is 0.938 bits per heavy atom. The van der Waals surface area contributed by atoms with Crippen molar-refractivity contribution in [3.63, 3.8) is 0 Å². The number of aromatic nitrogens is 1. The summed E-state index contributed by atoms with van der Waals surface area (Å²) >= 11 is 0. The summed E-state index contributed by atoms with van der Waals surface area (Å²) in [4.78, 5) is 19.5. The van der Waals surface area contributed by atoms with Crippen LogP contribution in [0.4, 0.5) is 11.4 Å². The number of para-hydroxylation sites is 1. The van der Waals surface area contributed by atoms with E-state index in [0.29, 0.717) is 12.1 Å². The number of fused-ring (bicyclic) bond motifs is 1. The fourth-order valence-corrected chi connectivity index (χ4v) is 3.74. The van der Waals surface area contributed by atoms with Crippen molar-refractivity contribution >= 4 is 28.2 Å². The molecule has 0 fully saturated rings. The maximum Gasteiger partial charge on any atom is 0.251 e. The second-order valence-electron chi connectivity index (χ2n) is 8.01. The van der Waals surface area contributed by atoms with E-state index in [9.17, 15) is 4.79 Å². The Morgan fingerprint density at radius 3 is 2.56 bits per heavy atom. The van der Waals surface area contributed by atoms with Crippen LogP contribution in [-0.4, -0.2) is 35.9 Å². The van der Waals surface area contributed by atoms with E-state index in [1.807, 2.05) is 79.7 Å². The molecule has 5 heteroatoms. The SMILES string of the molecule is Cc1cc(Nc2cccc(C(=O)NCCN(C)Cc3ccccc3)c2)c2ccccc2n1. The molecule has 1 amide bonds. The van der Waals surface area contributed by atoms with Crippen LogP contribution < -0.4 is 10.6 Å². The number of pyridine rings is 1. The average Bonchev–Trinajstić information content (AvgIpc) is 2.80. The van der Waals surface area contributed by atoms with E-state index in [2.05, 4.69) is 39.7 Å². The molecule has 32 heavy (non-hydrogen) atoms. The number of aryl methyl sites for hydroxylation is 1. The van der Waals surface area contributed by atoms with Crippen LogP contribution in [0.2, 0.25) is 0 Å². The Kier molecular flexibility index (Phi) is 6.78. The summed E-state index contributed by atoms with van der Waals surface area (Å²) in [7, 11) is 2.06. The lowest BCUT2D eigenvalue weighted by molar-refractivity contribution is 0.0949. The monoisotopic (exact) mass is 424 g/mol. The number of carbonyl (C=O) groups excluding carboxylic acids is 1. The zero-order valence-corrected chi connectivity index (χ0v) is 18.5. The van der Waals surface area contributed by atoms with E-state index >= 15 is 0 Å². The number of carbonyl (C=O) groups is 1. The van der Waals surface area contributed by atoms with Gasteiger partial charge < -0.3 is 15.5 Å². The first-order valence-corrected chi connectivity index (χ1v) is 10.8. The van der Waals surface area contributed by atoms with Crippen LogP contribution >= 0.6 is 0 Å². The molecule has 4 aromatic rings. The number of benzene rings is 3. The molecule has 1 aromatic heterocycles. The quantitative estimate of drug-likeness (QED) is 0.411. The summed E-state index contributed by atoms with van der Waals surface area (Å²) in [6, 6.07) is 28.0. The molecule has 2 N–H and O–H groups in total. The molecule has 0 atom stereocenters. The largest absolute Gasteiger partial charge is 0.355 e. The zero-order chi connectivity index (χ0) is 22.3. The topological polar surface area (TPSA) is 57.3 Å². The first-order chi connectivity index (χ1) is 15.6. The molecule has 0 aliphatic rings. The standard InChI is InChI=1S/C27H28N4O/c1-20-17-26(24-13-6-7-14-25(24)29-20)30-23-12-8-11-22(18-23)27(32)28-15-16-31(2)19-21-9-4-3-5-10-21/h3-14,17-18H,15-16,19H2,1-2H3,(H,28,32)(H,29,30). The van der Waals surface area contributed by atoms with E-state index in [4.69, 9.17) is 0 Å². The molecule has 5 nitrogen and oxygen atoms in total. The van der Waals surface area contributed by atoms with Crippen molar-refractivity contribution in [2.45, 2.75) is 13.5 Å². The van der Waals surface area contributed by atoms with Crippen LogP contribution in [0.1, 0.15) is 21.6 Å². The Hall–Kier alpha value is -3.70. The highest BCUT2D eigenvalue weighted by atomic mass is 16.1. The zero-order valence-electron chi connectivity index (χ0n) is 18.5. The van der Waals surface area contributed by atoms with E-state index in [-0.39, 0.29) is 5.91 Å². The summed E-state index contributed by atoms with van der Waals surface area (Å²) in [5.41, 5.74) is 5.64. The van der Waals surface area contributed by atoms with Crippen molar-refractivity contribution < 1.29 is 4.79 Å². The van der Waals surface area contributed by atoms with Gasteiger partial charge in [-0.3, -0.25) is 9.78 Å². The predicted octanol–water partition coefficient (Wildman–Crippen LogP) is 5.15. The van der Waals surface area contributed by atoms with Gasteiger partial charge >= 0.3 is 0 Å². The second-order valence-corrected chi connectivity index (χ2v) is 8.01. The van der Waals surface area contributed by atoms with Crippen LogP contribution in [0.25, 0.3) is 10.9 Å². The minimum absolute atomic E-state index is 0.0717. The molecule has 162 valence electrons. The maximum atomic E-state index is 12.7. The van der Waals surface area contributed by atoms with Gasteiger partial charge in [0.15, 0.2) is 0 Å². The van der Waals surface area contributed by atoms with Gasteiger partial charge in [0, 0.05) is 47.7 Å². The van der Waals surface area contributed by atoms with Gasteiger partial charge in [0.2, 0.25) is 0 Å². The summed E-state index contributed by atoms with van der Waals surface area (Å²) < 4.78 is 0. The van der Waals surface area contributed by atoms with Crippen LogP contribution in [0.5, 0.6) is 0 Å². The van der Waals surface area contributed by atoms with Gasteiger partial charge in [-0.25, -0.2) is 0 Å². The van der Waals surface area contributed by atoms with Crippen LogP contribution in [0.3, 0.4) is 0 Å². The Morgan fingerprint density at radius 2 is 1.72 bits per heavy atom. The third-order valence-corrected chi connectivity index (χ3v) is 5.32. The summed E-state index contributed by atoms with van der Waals surface area (Å²) in [5.74, 6) is -0.0717. The minimum atomic E-state index is -0.0717. The smallest absolute Gasteiger partial charge is 0.251 e. The molecule has 0 saturated heterocycles. The fourth-order valence-electron chi connectivity index (χ4n) is 3.74. The number of rotatable bonds is 8. The van der Waals surface area contributed by atoms with Crippen molar-refractivity contribution in [2.24, 2.45) is 0 Å². The van der Waals surface area contributed by atoms with Crippen molar-refractivity contribution in [3.8, 4) is 0 Å². The van der Waals surface area contributed by atoms with Crippen molar-refractivity contribution in [1.82, 2.24) is 15.2 Å². The van der Waals surface area contributed by atoms with E-state index < -0.39 is 0 Å². The van der Waals surface area contributed by atoms with Crippen LogP contribution in [0, 0.1) is 6.92 Å². The van der Waals surface area contributed by atoms with Gasteiger partial charge in [0.25, 0.3) is 5.91 Å². The van der Waals surface area contributed by atoms with E-state index in [1.54, 1.807) is 0 Å². The minimum Gasteiger partial charge on any atom is -0.355 e. The molecule has 0 spiro atoms. The molecule has 0 unspecified atom stereocenters. The summed E-state index contributed by atoms with van der Waals surface area (Å²) in [5, 5.41) is 7.53. The second kappa shape index (κ2) is 10.1. The molecule has 0 aliphatic heterocycles. The number of nitrogens with zero attached hydrogens (tertiary/aromatic N) is 2. The predicted molar refractivity (Wildman–Crippen MR) is 131 cm³/mol. The Labute approximate surface area is 189 Å². The Balaban J connectivity index is 1.37. The third kappa shape index (κ3) is 5.50. The maximum absolute atomic E-state index is 12.7. The van der Waals surface area contributed by atoms with Crippen molar-refractivity contribution in [2.75, 3.05) is 25.5 Å². The molecule has 0 saturated carbocycles. The van der Waals surface area contributed by atoms with Gasteiger partial charge in [-0.15, -0.1) is 0 Å². The van der Waals surface area contributed by atoms with Gasteiger partial charge in [0.1, 0.15) is 0 Å². The Bertz CT molecular complexity index is 1210. The number of anilines is 2. The van der Waals surface area contributed by atoms with Gasteiger partial charge in [-0.05, 0) is 49.9 Å². The van der Waals surface area contributed by atoms with E-state index in [1.165, 1.54) is 5.56 Å². The molecule has 4 rings (SSSR count). The molecule has 0 radical (unpaired) electrons. The number of likely N-dealkylation sites (N-methyl/N-ethyl adjacent to an activating group) is 1. The van der Waals surface area contributed by atoms with Crippen LogP contribution in [-0.2, 0) is 6.54 Å². The molecule has 0 aliphatic carbocycles. The number of hydrogen-bond acceptors (Lipinski definition) is 4. The van der Waals surface area contributed by atoms with Gasteiger partial charge in [-0.1, -0.05) is 54.6 Å². The lowest BCUT2D eigenvalue weighted by Gasteiger charge is -2.17. The molecular formula is C27H28N4O. The van der Waals surface area contributed by atoms with Crippen molar-refractivity contribution in [3.05, 3.63) is 102 Å². The molecule has 0 bridgehead atoms. The lowest BCUT2D eigenvalue weighted by Crippen LogP contribution is -2.32. The van der Waals surface area contributed by atoms with Gasteiger partial charge in [-0.2, -0.15) is 0 Å². The highest BCUT2D eigenvalue weighted by molar-refractivity contribution is 5.96. The number of nitrogens with one attached hydrogen (secondary N) is 2. The normalized spacial score (nSPS) is 11.0. The van der Waals surface area contributed by atoms with Crippen LogP contribution in [0.15, 0.2) is 84.9 Å². The third-order valence-electron chi connectivity index (χ3n) is 5.32. The molecular weight excluding hydrogens is 396 g/mol. The number of hydrogen-bond donors (Lipinski definition) is 2. The first-order valence-electron chi connectivity index (χ1n) is 10.8. The average molecular weight is 425 g/mol. The van der Waals surface area contributed by atoms with Gasteiger partial charge in [0.05, 0.1) is 5.52 Å². The summed E-state index contributed by atoms with van der Waals surface area (Å²) in [6.45, 7) is 4.21. The lowest BCUT2D eigenvalue weighted by atomic mass is 10.1. The highest BCUT2D eigenvalue weighted by Gasteiger charge is 2.09. The van der Waals surface area contributed by atoms with Crippen molar-refractivity contribution in [1.29, 1.82) is 0 Å². The molecule has 1 heterocycles. The molecule has 3 aromatic carbocycles. The first kappa shape index (κ1) is 21.5. The fraction of sp³-hybridized carbons (Fsp3) is 0.185. The highest BCUT2D eigenvalue weighted by Crippen LogP contribution is 2.26. The summed E-state index contributed by atoms with van der Waals surface area (Å²) in [6.07, 6.45) is 0. The van der Waals surface area contributed by atoms with E-state index in [0.717, 1.165) is 41.1 Å².